The van der Waals surface area contributed by atoms with Gasteiger partial charge in [-0.1, -0.05) is 35.0 Å². The fourth-order valence-corrected chi connectivity index (χ4v) is 3.22. The number of carbonyl (C=O) groups is 1. The zero-order valence-electron chi connectivity index (χ0n) is 11.8. The smallest absolute Gasteiger partial charge is 0.310 e. The van der Waals surface area contributed by atoms with Gasteiger partial charge in [0.2, 0.25) is 0 Å². The number of benzene rings is 1. The second kappa shape index (κ2) is 6.70. The van der Waals surface area contributed by atoms with Crippen LogP contribution in [0.2, 0.25) is 0 Å². The first-order chi connectivity index (χ1) is 9.52. The van der Waals surface area contributed by atoms with Crippen LogP contribution in [0.1, 0.15) is 18.1 Å². The van der Waals surface area contributed by atoms with Crippen LogP contribution in [-0.2, 0) is 16.1 Å². The topological polar surface area (TPSA) is 49.8 Å². The van der Waals surface area contributed by atoms with Crippen molar-refractivity contribution in [3.63, 3.8) is 0 Å². The molecule has 20 heavy (non-hydrogen) atoms. The van der Waals surface area contributed by atoms with E-state index in [2.05, 4.69) is 52.9 Å². The minimum atomic E-state index is -0.770. The Morgan fingerprint density at radius 3 is 2.85 bits per heavy atom. The van der Waals surface area contributed by atoms with Crippen molar-refractivity contribution in [3.8, 4) is 0 Å². The molecule has 1 fully saturated rings. The Balaban J connectivity index is 2.14. The summed E-state index contributed by atoms with van der Waals surface area (Å²) in [5, 5.41) is 9.27. The molecule has 1 aliphatic heterocycles. The Morgan fingerprint density at radius 2 is 2.25 bits per heavy atom. The van der Waals surface area contributed by atoms with E-state index >= 15 is 0 Å². The molecule has 5 heteroatoms. The van der Waals surface area contributed by atoms with Crippen molar-refractivity contribution < 1.29 is 14.6 Å². The number of aryl methyl sites for hydroxylation is 1. The molecule has 2 atom stereocenters. The number of carboxylic acid groups (broad SMARTS) is 1. The first-order valence-electron chi connectivity index (χ1n) is 6.82. The highest BCUT2D eigenvalue weighted by Crippen LogP contribution is 2.25. The van der Waals surface area contributed by atoms with E-state index in [1.54, 1.807) is 0 Å². The summed E-state index contributed by atoms with van der Waals surface area (Å²) in [6.45, 7) is 6.45. The predicted octanol–water partition coefficient (Wildman–Crippen LogP) is 2.68. The number of hydrogen-bond donors (Lipinski definition) is 1. The Hall–Kier alpha value is -0.910. The van der Waals surface area contributed by atoms with E-state index in [1.807, 2.05) is 0 Å². The van der Waals surface area contributed by atoms with E-state index in [4.69, 9.17) is 4.74 Å². The van der Waals surface area contributed by atoms with Crippen molar-refractivity contribution in [2.45, 2.75) is 26.4 Å². The van der Waals surface area contributed by atoms with Crippen molar-refractivity contribution in [1.29, 1.82) is 0 Å². The van der Waals surface area contributed by atoms with Gasteiger partial charge in [0.1, 0.15) is 0 Å². The quantitative estimate of drug-likeness (QED) is 0.894. The Morgan fingerprint density at radius 1 is 1.50 bits per heavy atom. The van der Waals surface area contributed by atoms with Crippen LogP contribution in [0.4, 0.5) is 0 Å². The van der Waals surface area contributed by atoms with Crippen molar-refractivity contribution in [1.82, 2.24) is 4.90 Å². The SMILES string of the molecule is CCN(Cc1ccc(C)cc1Br)C1COCC1C(=O)O. The van der Waals surface area contributed by atoms with E-state index in [9.17, 15) is 9.90 Å². The van der Waals surface area contributed by atoms with Crippen LogP contribution in [0.5, 0.6) is 0 Å². The zero-order chi connectivity index (χ0) is 14.7. The van der Waals surface area contributed by atoms with Crippen LogP contribution in [0.3, 0.4) is 0 Å². The number of rotatable bonds is 5. The number of likely N-dealkylation sites (N-methyl/N-ethyl adjacent to an activating group) is 1. The third-order valence-electron chi connectivity index (χ3n) is 3.82. The molecule has 1 N–H and O–H groups in total. The lowest BCUT2D eigenvalue weighted by molar-refractivity contribution is -0.143. The molecule has 2 unspecified atom stereocenters. The lowest BCUT2D eigenvalue weighted by Crippen LogP contribution is -2.42. The van der Waals surface area contributed by atoms with Gasteiger partial charge in [-0.2, -0.15) is 0 Å². The van der Waals surface area contributed by atoms with Gasteiger partial charge in [-0.3, -0.25) is 9.69 Å². The summed E-state index contributed by atoms with van der Waals surface area (Å²) in [4.78, 5) is 13.5. The van der Waals surface area contributed by atoms with Crippen LogP contribution >= 0.6 is 15.9 Å². The highest BCUT2D eigenvalue weighted by Gasteiger charge is 2.37. The summed E-state index contributed by atoms with van der Waals surface area (Å²) >= 11 is 3.58. The molecule has 0 spiro atoms. The molecule has 110 valence electrons. The van der Waals surface area contributed by atoms with E-state index in [-0.39, 0.29) is 6.04 Å². The highest BCUT2D eigenvalue weighted by atomic mass is 79.9. The summed E-state index contributed by atoms with van der Waals surface area (Å²) in [5.74, 6) is -1.20. The molecular weight excluding hydrogens is 322 g/mol. The summed E-state index contributed by atoms with van der Waals surface area (Å²) < 4.78 is 6.44. The monoisotopic (exact) mass is 341 g/mol. The minimum absolute atomic E-state index is 0.0503. The van der Waals surface area contributed by atoms with Gasteiger partial charge in [0.05, 0.1) is 19.1 Å². The summed E-state index contributed by atoms with van der Waals surface area (Å²) in [6, 6.07) is 6.20. The van der Waals surface area contributed by atoms with E-state index in [0.717, 1.165) is 17.6 Å². The van der Waals surface area contributed by atoms with Crippen molar-refractivity contribution in [3.05, 3.63) is 33.8 Å². The maximum atomic E-state index is 11.3. The summed E-state index contributed by atoms with van der Waals surface area (Å²) in [6.07, 6.45) is 0. The van der Waals surface area contributed by atoms with E-state index in [1.165, 1.54) is 11.1 Å². The van der Waals surface area contributed by atoms with Gasteiger partial charge in [0.25, 0.3) is 0 Å². The van der Waals surface area contributed by atoms with Gasteiger partial charge >= 0.3 is 5.97 Å². The zero-order valence-corrected chi connectivity index (χ0v) is 13.4. The van der Waals surface area contributed by atoms with Gasteiger partial charge < -0.3 is 9.84 Å². The lowest BCUT2D eigenvalue weighted by Gasteiger charge is -2.29. The number of nitrogens with zero attached hydrogens (tertiary/aromatic N) is 1. The molecule has 1 heterocycles. The maximum absolute atomic E-state index is 11.3. The number of hydrogen-bond acceptors (Lipinski definition) is 3. The van der Waals surface area contributed by atoms with Gasteiger partial charge in [-0.05, 0) is 30.7 Å². The predicted molar refractivity (Wildman–Crippen MR) is 80.7 cm³/mol. The van der Waals surface area contributed by atoms with Crippen LogP contribution < -0.4 is 0 Å². The lowest BCUT2D eigenvalue weighted by atomic mass is 10.0. The molecular formula is C15H20BrNO3. The average Bonchev–Trinajstić information content (AvgIpc) is 2.87. The van der Waals surface area contributed by atoms with Crippen molar-refractivity contribution in [2.75, 3.05) is 19.8 Å². The van der Waals surface area contributed by atoms with Gasteiger partial charge in [-0.15, -0.1) is 0 Å². The van der Waals surface area contributed by atoms with Crippen LogP contribution in [0.15, 0.2) is 22.7 Å². The fraction of sp³-hybridized carbons (Fsp3) is 0.533. The molecule has 0 bridgehead atoms. The Kier molecular flexibility index (Phi) is 5.18. The first-order valence-corrected chi connectivity index (χ1v) is 7.61. The molecule has 4 nitrogen and oxygen atoms in total. The number of halogens is 1. The number of aliphatic carboxylic acids is 1. The molecule has 0 aliphatic carbocycles. The highest BCUT2D eigenvalue weighted by molar-refractivity contribution is 9.10. The Labute approximate surface area is 127 Å². The third-order valence-corrected chi connectivity index (χ3v) is 4.56. The molecule has 1 aromatic rings. The van der Waals surface area contributed by atoms with Crippen LogP contribution in [0.25, 0.3) is 0 Å². The van der Waals surface area contributed by atoms with Crippen LogP contribution in [-0.4, -0.2) is 41.8 Å². The van der Waals surface area contributed by atoms with E-state index in [0.29, 0.717) is 13.2 Å². The Bertz CT molecular complexity index is 492. The average molecular weight is 342 g/mol. The second-order valence-electron chi connectivity index (χ2n) is 5.21. The molecule has 2 rings (SSSR count). The number of carboxylic acids is 1. The summed E-state index contributed by atoms with van der Waals surface area (Å²) in [5.41, 5.74) is 2.38. The molecule has 1 aliphatic rings. The van der Waals surface area contributed by atoms with Gasteiger partial charge in [-0.25, -0.2) is 0 Å². The second-order valence-corrected chi connectivity index (χ2v) is 6.06. The maximum Gasteiger partial charge on any atom is 0.310 e. The van der Waals surface area contributed by atoms with Crippen LogP contribution in [0, 0.1) is 12.8 Å². The molecule has 0 saturated carbocycles. The van der Waals surface area contributed by atoms with Gasteiger partial charge in [0, 0.05) is 17.1 Å². The van der Waals surface area contributed by atoms with Gasteiger partial charge in [0.15, 0.2) is 0 Å². The largest absolute Gasteiger partial charge is 0.481 e. The van der Waals surface area contributed by atoms with E-state index < -0.39 is 11.9 Å². The number of ether oxygens (including phenoxy) is 1. The molecule has 1 aromatic carbocycles. The van der Waals surface area contributed by atoms with Crippen molar-refractivity contribution in [2.24, 2.45) is 5.92 Å². The molecule has 0 amide bonds. The molecule has 1 saturated heterocycles. The fourth-order valence-electron chi connectivity index (χ4n) is 2.60. The van der Waals surface area contributed by atoms with Crippen molar-refractivity contribution >= 4 is 21.9 Å². The first kappa shape index (κ1) is 15.5. The molecule has 0 aromatic heterocycles. The molecule has 0 radical (unpaired) electrons. The third kappa shape index (κ3) is 3.40. The minimum Gasteiger partial charge on any atom is -0.481 e. The normalized spacial score (nSPS) is 22.4. The standard InChI is InChI=1S/C15H20BrNO3/c1-3-17(14-9-20-8-12(14)15(18)19)7-11-5-4-10(2)6-13(11)16/h4-6,12,14H,3,7-9H2,1-2H3,(H,18,19). The summed E-state index contributed by atoms with van der Waals surface area (Å²) in [7, 11) is 0.